The van der Waals surface area contributed by atoms with Gasteiger partial charge >= 0.3 is 5.97 Å². The summed E-state index contributed by atoms with van der Waals surface area (Å²) in [5.74, 6) is -0.867. The van der Waals surface area contributed by atoms with Crippen LogP contribution in [0.3, 0.4) is 0 Å². The summed E-state index contributed by atoms with van der Waals surface area (Å²) in [5.41, 5.74) is 3.32. The SMILES string of the molecule is CC(CC(=O)O)=Nc1ccc(Nc2ccccc2)cc1. The molecule has 102 valence electrons. The third-order valence-electron chi connectivity index (χ3n) is 2.66. The first-order valence-electron chi connectivity index (χ1n) is 6.31. The molecule has 0 aliphatic heterocycles. The lowest BCUT2D eigenvalue weighted by atomic mass is 10.2. The first-order chi connectivity index (χ1) is 9.63. The molecule has 0 fully saturated rings. The van der Waals surface area contributed by atoms with Gasteiger partial charge in [-0.2, -0.15) is 0 Å². The van der Waals surface area contributed by atoms with E-state index in [4.69, 9.17) is 5.11 Å². The normalized spacial score (nSPS) is 11.2. The lowest BCUT2D eigenvalue weighted by molar-refractivity contribution is -0.135. The van der Waals surface area contributed by atoms with Gasteiger partial charge < -0.3 is 10.4 Å². The molecule has 20 heavy (non-hydrogen) atoms. The molecular formula is C16H16N2O2. The van der Waals surface area contributed by atoms with Crippen LogP contribution in [0, 0.1) is 0 Å². The number of carboxylic acid groups (broad SMARTS) is 1. The van der Waals surface area contributed by atoms with E-state index in [9.17, 15) is 4.79 Å². The lowest BCUT2D eigenvalue weighted by Gasteiger charge is -2.06. The van der Waals surface area contributed by atoms with Crippen LogP contribution in [0.5, 0.6) is 0 Å². The van der Waals surface area contributed by atoms with Crippen LogP contribution in [0.15, 0.2) is 59.6 Å². The van der Waals surface area contributed by atoms with Crippen LogP contribution in [-0.2, 0) is 4.79 Å². The number of para-hydroxylation sites is 1. The summed E-state index contributed by atoms with van der Waals surface area (Å²) >= 11 is 0. The van der Waals surface area contributed by atoms with Gasteiger partial charge in [-0.25, -0.2) is 0 Å². The highest BCUT2D eigenvalue weighted by atomic mass is 16.4. The molecule has 2 rings (SSSR count). The summed E-state index contributed by atoms with van der Waals surface area (Å²) < 4.78 is 0. The minimum absolute atomic E-state index is 0.0377. The van der Waals surface area contributed by atoms with Gasteiger partial charge in [0.25, 0.3) is 0 Å². The van der Waals surface area contributed by atoms with E-state index in [2.05, 4.69) is 10.3 Å². The first kappa shape index (κ1) is 13.8. The molecule has 0 aromatic heterocycles. The Bertz CT molecular complexity index is 604. The molecule has 0 amide bonds. The number of carbonyl (C=O) groups is 1. The summed E-state index contributed by atoms with van der Waals surface area (Å²) in [6.07, 6.45) is -0.0377. The van der Waals surface area contributed by atoms with Crippen molar-refractivity contribution in [2.24, 2.45) is 4.99 Å². The Labute approximate surface area is 117 Å². The molecule has 0 saturated heterocycles. The lowest BCUT2D eigenvalue weighted by Crippen LogP contribution is -2.02. The zero-order chi connectivity index (χ0) is 14.4. The Kier molecular flexibility index (Phi) is 4.50. The maximum atomic E-state index is 10.6. The number of hydrogen-bond donors (Lipinski definition) is 2. The number of aliphatic imine (C=N–C) groups is 1. The molecule has 0 aliphatic carbocycles. The maximum absolute atomic E-state index is 10.6. The van der Waals surface area contributed by atoms with Crippen molar-refractivity contribution in [2.45, 2.75) is 13.3 Å². The van der Waals surface area contributed by atoms with E-state index in [1.54, 1.807) is 6.92 Å². The zero-order valence-electron chi connectivity index (χ0n) is 11.2. The van der Waals surface area contributed by atoms with E-state index in [0.717, 1.165) is 17.1 Å². The molecule has 0 unspecified atom stereocenters. The molecule has 2 N–H and O–H groups in total. The quantitative estimate of drug-likeness (QED) is 0.806. The van der Waals surface area contributed by atoms with Gasteiger partial charge in [0.2, 0.25) is 0 Å². The Morgan fingerprint density at radius 2 is 1.65 bits per heavy atom. The Morgan fingerprint density at radius 3 is 2.25 bits per heavy atom. The number of hydrogen-bond acceptors (Lipinski definition) is 3. The Morgan fingerprint density at radius 1 is 1.05 bits per heavy atom. The second kappa shape index (κ2) is 6.52. The van der Waals surface area contributed by atoms with Crippen LogP contribution in [-0.4, -0.2) is 16.8 Å². The summed E-state index contributed by atoms with van der Waals surface area (Å²) in [5, 5.41) is 12.0. The zero-order valence-corrected chi connectivity index (χ0v) is 11.2. The van der Waals surface area contributed by atoms with Gasteiger partial charge in [-0.3, -0.25) is 9.79 Å². The summed E-state index contributed by atoms with van der Waals surface area (Å²) in [6.45, 7) is 1.71. The standard InChI is InChI=1S/C16H16N2O2/c1-12(11-16(19)20)17-14-7-9-15(10-8-14)18-13-5-3-2-4-6-13/h2-10,18H,11H2,1H3,(H,19,20). The highest BCUT2D eigenvalue weighted by Gasteiger charge is 2.00. The predicted octanol–water partition coefficient (Wildman–Crippen LogP) is 4.00. The topological polar surface area (TPSA) is 61.7 Å². The largest absolute Gasteiger partial charge is 0.481 e. The molecule has 0 saturated carbocycles. The number of carboxylic acids is 1. The van der Waals surface area contributed by atoms with E-state index in [1.165, 1.54) is 0 Å². The fourth-order valence-corrected chi connectivity index (χ4v) is 1.79. The minimum atomic E-state index is -0.867. The third-order valence-corrected chi connectivity index (χ3v) is 2.66. The minimum Gasteiger partial charge on any atom is -0.481 e. The second-order valence-electron chi connectivity index (χ2n) is 4.46. The number of anilines is 2. The second-order valence-corrected chi connectivity index (χ2v) is 4.46. The summed E-state index contributed by atoms with van der Waals surface area (Å²) in [7, 11) is 0. The highest BCUT2D eigenvalue weighted by molar-refractivity contribution is 5.98. The number of benzene rings is 2. The fraction of sp³-hybridized carbons (Fsp3) is 0.125. The molecule has 0 atom stereocenters. The Balaban J connectivity index is 2.05. The molecule has 0 aliphatic rings. The maximum Gasteiger partial charge on any atom is 0.309 e. The van der Waals surface area contributed by atoms with Gasteiger partial charge in [0.05, 0.1) is 12.1 Å². The molecule has 2 aromatic rings. The van der Waals surface area contributed by atoms with Crippen LogP contribution in [0.2, 0.25) is 0 Å². The van der Waals surface area contributed by atoms with Crippen molar-refractivity contribution in [3.63, 3.8) is 0 Å². The Hall–Kier alpha value is -2.62. The molecule has 0 bridgehead atoms. The molecule has 2 aromatic carbocycles. The molecule has 0 spiro atoms. The van der Waals surface area contributed by atoms with Crippen LogP contribution < -0.4 is 5.32 Å². The molecule has 0 heterocycles. The van der Waals surface area contributed by atoms with Crippen LogP contribution in [0.4, 0.5) is 17.1 Å². The van der Waals surface area contributed by atoms with E-state index in [-0.39, 0.29) is 6.42 Å². The monoisotopic (exact) mass is 268 g/mol. The summed E-state index contributed by atoms with van der Waals surface area (Å²) in [4.78, 5) is 14.8. The van der Waals surface area contributed by atoms with Gasteiger partial charge in [0, 0.05) is 17.1 Å². The third kappa shape index (κ3) is 4.24. The molecule has 4 heteroatoms. The van der Waals surface area contributed by atoms with Crippen molar-refractivity contribution in [3.8, 4) is 0 Å². The van der Waals surface area contributed by atoms with Crippen LogP contribution in [0.1, 0.15) is 13.3 Å². The van der Waals surface area contributed by atoms with Gasteiger partial charge in [0.1, 0.15) is 0 Å². The summed E-state index contributed by atoms with van der Waals surface area (Å²) in [6, 6.07) is 17.4. The van der Waals surface area contributed by atoms with Gasteiger partial charge in [-0.1, -0.05) is 18.2 Å². The van der Waals surface area contributed by atoms with E-state index < -0.39 is 5.97 Å². The number of aliphatic carboxylic acids is 1. The first-order valence-corrected chi connectivity index (χ1v) is 6.31. The van der Waals surface area contributed by atoms with Crippen molar-refractivity contribution in [3.05, 3.63) is 54.6 Å². The van der Waals surface area contributed by atoms with Crippen molar-refractivity contribution in [1.29, 1.82) is 0 Å². The van der Waals surface area contributed by atoms with E-state index >= 15 is 0 Å². The number of nitrogens with zero attached hydrogens (tertiary/aromatic N) is 1. The average Bonchev–Trinajstić information content (AvgIpc) is 2.41. The van der Waals surface area contributed by atoms with Gasteiger partial charge in [0.15, 0.2) is 0 Å². The predicted molar refractivity (Wildman–Crippen MR) is 81.2 cm³/mol. The number of nitrogens with one attached hydrogen (secondary N) is 1. The highest BCUT2D eigenvalue weighted by Crippen LogP contribution is 2.20. The smallest absolute Gasteiger partial charge is 0.309 e. The fourth-order valence-electron chi connectivity index (χ4n) is 1.79. The van der Waals surface area contributed by atoms with E-state index in [1.807, 2.05) is 54.6 Å². The molecule has 0 radical (unpaired) electrons. The van der Waals surface area contributed by atoms with Gasteiger partial charge in [-0.15, -0.1) is 0 Å². The van der Waals surface area contributed by atoms with E-state index in [0.29, 0.717) is 5.71 Å². The molecule has 4 nitrogen and oxygen atoms in total. The van der Waals surface area contributed by atoms with Crippen molar-refractivity contribution >= 4 is 28.7 Å². The van der Waals surface area contributed by atoms with Crippen molar-refractivity contribution in [1.82, 2.24) is 0 Å². The van der Waals surface area contributed by atoms with Crippen LogP contribution >= 0.6 is 0 Å². The number of rotatable bonds is 5. The molecular weight excluding hydrogens is 252 g/mol. The van der Waals surface area contributed by atoms with Crippen molar-refractivity contribution < 1.29 is 9.90 Å². The van der Waals surface area contributed by atoms with Crippen LogP contribution in [0.25, 0.3) is 0 Å². The average molecular weight is 268 g/mol. The van der Waals surface area contributed by atoms with Crippen molar-refractivity contribution in [2.75, 3.05) is 5.32 Å². The van der Waals surface area contributed by atoms with Gasteiger partial charge in [-0.05, 0) is 43.3 Å².